The van der Waals surface area contributed by atoms with E-state index in [1.807, 2.05) is 0 Å². The Bertz CT molecular complexity index is 289. The summed E-state index contributed by atoms with van der Waals surface area (Å²) in [4.78, 5) is 11.3. The molecule has 144 valence electrons. The lowest BCUT2D eigenvalue weighted by Gasteiger charge is -2.19. The molecule has 2 N–H and O–H groups in total. The van der Waals surface area contributed by atoms with Gasteiger partial charge in [0.1, 0.15) is 0 Å². The molecule has 0 heterocycles. The van der Waals surface area contributed by atoms with Gasteiger partial charge in [-0.25, -0.2) is 4.79 Å². The minimum atomic E-state index is -2.31. The minimum Gasteiger partial charge on any atom is -0.462 e. The summed E-state index contributed by atoms with van der Waals surface area (Å²) in [6.45, 7) is 4.07. The maximum Gasteiger partial charge on any atom is 0.366 e. The first-order chi connectivity index (χ1) is 11.5. The number of carbonyl (C=O) groups is 1. The Balaban J connectivity index is 3.29. The largest absolute Gasteiger partial charge is 0.462 e. The third kappa shape index (κ3) is 13.8. The lowest BCUT2D eigenvalue weighted by molar-refractivity contribution is -0.211. The van der Waals surface area contributed by atoms with Gasteiger partial charge in [0.25, 0.3) is 5.79 Å². The average molecular weight is 345 g/mol. The Morgan fingerprint density at radius 2 is 1.08 bits per heavy atom. The predicted octanol–water partition coefficient (Wildman–Crippen LogP) is 5.10. The van der Waals surface area contributed by atoms with E-state index in [0.717, 1.165) is 12.8 Å². The van der Waals surface area contributed by atoms with Crippen LogP contribution in [0.15, 0.2) is 0 Å². The van der Waals surface area contributed by atoms with E-state index < -0.39 is 11.8 Å². The van der Waals surface area contributed by atoms with Crippen LogP contribution in [0.3, 0.4) is 0 Å². The highest BCUT2D eigenvalue weighted by atomic mass is 16.6. The summed E-state index contributed by atoms with van der Waals surface area (Å²) in [6, 6.07) is 0. The van der Waals surface area contributed by atoms with Gasteiger partial charge >= 0.3 is 5.97 Å². The van der Waals surface area contributed by atoms with Crippen LogP contribution in [0.1, 0.15) is 110 Å². The number of ether oxygens (including phenoxy) is 1. The normalized spacial score (nSPS) is 11.7. The van der Waals surface area contributed by atoms with Crippen molar-refractivity contribution >= 4 is 5.97 Å². The van der Waals surface area contributed by atoms with Gasteiger partial charge in [0.2, 0.25) is 0 Å². The molecule has 0 bridgehead atoms. The second-order valence-corrected chi connectivity index (χ2v) is 6.88. The van der Waals surface area contributed by atoms with Gasteiger partial charge in [-0.2, -0.15) is 0 Å². The standard InChI is InChI=1S/C20H40O4/c1-3-5-6-7-8-9-10-11-12-13-14-15-16-17-18-20(22,23)19(21)24-4-2/h22-23H,3-18H2,1-2H3. The molecule has 0 fully saturated rings. The molecule has 0 radical (unpaired) electrons. The predicted molar refractivity (Wildman–Crippen MR) is 98.7 cm³/mol. The van der Waals surface area contributed by atoms with E-state index in [9.17, 15) is 15.0 Å². The van der Waals surface area contributed by atoms with Crippen molar-refractivity contribution in [2.24, 2.45) is 0 Å². The van der Waals surface area contributed by atoms with Crippen molar-refractivity contribution in [2.75, 3.05) is 6.61 Å². The molecule has 0 aliphatic carbocycles. The number of esters is 1. The highest BCUT2D eigenvalue weighted by Crippen LogP contribution is 2.16. The van der Waals surface area contributed by atoms with Gasteiger partial charge in [0.15, 0.2) is 0 Å². The van der Waals surface area contributed by atoms with E-state index in [0.29, 0.717) is 6.42 Å². The number of hydrogen-bond acceptors (Lipinski definition) is 4. The van der Waals surface area contributed by atoms with E-state index >= 15 is 0 Å². The van der Waals surface area contributed by atoms with Gasteiger partial charge in [-0.1, -0.05) is 90.4 Å². The molecule has 24 heavy (non-hydrogen) atoms. The molecule has 0 aromatic heterocycles. The zero-order valence-electron chi connectivity index (χ0n) is 16.0. The van der Waals surface area contributed by atoms with E-state index in [1.54, 1.807) is 6.92 Å². The van der Waals surface area contributed by atoms with Gasteiger partial charge < -0.3 is 14.9 Å². The fourth-order valence-electron chi connectivity index (χ4n) is 2.91. The summed E-state index contributed by atoms with van der Waals surface area (Å²) >= 11 is 0. The van der Waals surface area contributed by atoms with Crippen LogP contribution < -0.4 is 0 Å². The van der Waals surface area contributed by atoms with Crippen LogP contribution in [0.4, 0.5) is 0 Å². The molecule has 0 rings (SSSR count). The molecule has 0 unspecified atom stereocenters. The maximum absolute atomic E-state index is 11.3. The van der Waals surface area contributed by atoms with E-state index in [-0.39, 0.29) is 13.0 Å². The van der Waals surface area contributed by atoms with Crippen LogP contribution in [0.5, 0.6) is 0 Å². The molecule has 4 heteroatoms. The molecule has 0 aromatic carbocycles. The van der Waals surface area contributed by atoms with Crippen LogP contribution >= 0.6 is 0 Å². The SMILES string of the molecule is CCCCCCCCCCCCCCCCC(O)(O)C(=O)OCC. The smallest absolute Gasteiger partial charge is 0.366 e. The number of aliphatic hydroxyl groups is 2. The first-order valence-electron chi connectivity index (χ1n) is 10.2. The Hall–Kier alpha value is -0.610. The zero-order chi connectivity index (χ0) is 18.1. The van der Waals surface area contributed by atoms with Gasteiger partial charge in [-0.15, -0.1) is 0 Å². The van der Waals surface area contributed by atoms with Crippen LogP contribution in [0.2, 0.25) is 0 Å². The van der Waals surface area contributed by atoms with Gasteiger partial charge in [-0.05, 0) is 13.3 Å². The number of hydrogen-bond donors (Lipinski definition) is 2. The fourth-order valence-corrected chi connectivity index (χ4v) is 2.91. The molecule has 0 saturated heterocycles. The highest BCUT2D eigenvalue weighted by molar-refractivity contribution is 5.77. The van der Waals surface area contributed by atoms with Crippen molar-refractivity contribution in [2.45, 2.75) is 116 Å². The number of unbranched alkanes of at least 4 members (excludes halogenated alkanes) is 13. The molecule has 0 aromatic rings. The molecule has 0 spiro atoms. The van der Waals surface area contributed by atoms with Crippen molar-refractivity contribution < 1.29 is 19.7 Å². The number of carbonyl (C=O) groups excluding carboxylic acids is 1. The van der Waals surface area contributed by atoms with Gasteiger partial charge in [0.05, 0.1) is 6.61 Å². The second-order valence-electron chi connectivity index (χ2n) is 6.88. The third-order valence-corrected chi connectivity index (χ3v) is 4.48. The van der Waals surface area contributed by atoms with Crippen molar-refractivity contribution in [1.82, 2.24) is 0 Å². The van der Waals surface area contributed by atoms with Crippen molar-refractivity contribution in [3.8, 4) is 0 Å². The van der Waals surface area contributed by atoms with Crippen molar-refractivity contribution in [1.29, 1.82) is 0 Å². The Morgan fingerprint density at radius 1 is 0.708 bits per heavy atom. The summed E-state index contributed by atoms with van der Waals surface area (Å²) < 4.78 is 4.64. The van der Waals surface area contributed by atoms with E-state index in [1.165, 1.54) is 70.6 Å². The lowest BCUT2D eigenvalue weighted by atomic mass is 10.0. The molecule has 0 saturated carbocycles. The first kappa shape index (κ1) is 23.4. The van der Waals surface area contributed by atoms with Gasteiger partial charge in [-0.3, -0.25) is 0 Å². The average Bonchev–Trinajstić information content (AvgIpc) is 2.55. The fraction of sp³-hybridized carbons (Fsp3) is 0.950. The minimum absolute atomic E-state index is 0.0594. The van der Waals surface area contributed by atoms with Gasteiger partial charge in [0, 0.05) is 6.42 Å². The molecule has 0 atom stereocenters. The van der Waals surface area contributed by atoms with Crippen LogP contribution in [0.25, 0.3) is 0 Å². The summed E-state index contributed by atoms with van der Waals surface area (Å²) in [5.41, 5.74) is 0. The zero-order valence-corrected chi connectivity index (χ0v) is 16.0. The molecular weight excluding hydrogens is 304 g/mol. The molecule has 0 aliphatic heterocycles. The highest BCUT2D eigenvalue weighted by Gasteiger charge is 2.33. The second kappa shape index (κ2) is 15.9. The lowest BCUT2D eigenvalue weighted by Crippen LogP contribution is -2.39. The Kier molecular flexibility index (Phi) is 15.5. The Labute approximate surface area is 149 Å². The van der Waals surface area contributed by atoms with E-state index in [2.05, 4.69) is 11.7 Å². The Morgan fingerprint density at radius 3 is 1.46 bits per heavy atom. The van der Waals surface area contributed by atoms with Crippen molar-refractivity contribution in [3.05, 3.63) is 0 Å². The topological polar surface area (TPSA) is 66.8 Å². The van der Waals surface area contributed by atoms with Crippen molar-refractivity contribution in [3.63, 3.8) is 0 Å². The number of rotatable bonds is 17. The summed E-state index contributed by atoms with van der Waals surface area (Å²) in [6.07, 6.45) is 17.5. The summed E-state index contributed by atoms with van der Waals surface area (Å²) in [5.74, 6) is -3.24. The molecule has 4 nitrogen and oxygen atoms in total. The van der Waals surface area contributed by atoms with Crippen LogP contribution in [-0.2, 0) is 9.53 Å². The third-order valence-electron chi connectivity index (χ3n) is 4.48. The molecule has 0 aliphatic rings. The van der Waals surface area contributed by atoms with E-state index in [4.69, 9.17) is 0 Å². The quantitative estimate of drug-likeness (QED) is 0.219. The maximum atomic E-state index is 11.3. The van der Waals surface area contributed by atoms with Crippen LogP contribution in [-0.4, -0.2) is 28.6 Å². The first-order valence-corrected chi connectivity index (χ1v) is 10.2. The molecular formula is C20H40O4. The van der Waals surface area contributed by atoms with Crippen LogP contribution in [0, 0.1) is 0 Å². The monoisotopic (exact) mass is 344 g/mol. The summed E-state index contributed by atoms with van der Waals surface area (Å²) in [5, 5.41) is 19.2. The summed E-state index contributed by atoms with van der Waals surface area (Å²) in [7, 11) is 0. The molecule has 0 amide bonds.